The highest BCUT2D eigenvalue weighted by Crippen LogP contribution is 2.25. The lowest BCUT2D eigenvalue weighted by Crippen LogP contribution is -2.48. The van der Waals surface area contributed by atoms with E-state index in [1.165, 1.54) is 19.4 Å². The van der Waals surface area contributed by atoms with Gasteiger partial charge in [0, 0.05) is 38.6 Å². The van der Waals surface area contributed by atoms with E-state index in [0.29, 0.717) is 24.1 Å². The molecule has 3 heterocycles. The first kappa shape index (κ1) is 16.7. The lowest BCUT2D eigenvalue weighted by atomic mass is 9.96. The molecule has 0 bridgehead atoms. The van der Waals surface area contributed by atoms with Crippen molar-refractivity contribution in [3.63, 3.8) is 0 Å². The summed E-state index contributed by atoms with van der Waals surface area (Å²) in [6, 6.07) is 0.695. The summed E-state index contributed by atoms with van der Waals surface area (Å²) in [7, 11) is 0. The average molecular weight is 322 g/mol. The molecule has 6 heteroatoms. The highest BCUT2D eigenvalue weighted by molar-refractivity contribution is 5.26. The van der Waals surface area contributed by atoms with Gasteiger partial charge in [0.1, 0.15) is 0 Å². The molecule has 0 amide bonds. The van der Waals surface area contributed by atoms with Crippen LogP contribution in [0.5, 0.6) is 0 Å². The SMILES string of the molecule is CC1CN(CC2CCN(c3nc(C(C)C)no3)CC2)CC(C)O1. The van der Waals surface area contributed by atoms with Crippen molar-refractivity contribution in [2.24, 2.45) is 5.92 Å². The van der Waals surface area contributed by atoms with Gasteiger partial charge in [-0.2, -0.15) is 4.98 Å². The van der Waals surface area contributed by atoms with E-state index in [9.17, 15) is 0 Å². The quantitative estimate of drug-likeness (QED) is 0.849. The molecule has 0 radical (unpaired) electrons. The second kappa shape index (κ2) is 7.18. The molecule has 3 rings (SSSR count). The van der Waals surface area contributed by atoms with Crippen molar-refractivity contribution < 1.29 is 9.26 Å². The number of piperidine rings is 1. The Bertz CT molecular complexity index is 487. The number of hydrogen-bond donors (Lipinski definition) is 0. The van der Waals surface area contributed by atoms with Gasteiger partial charge in [-0.25, -0.2) is 0 Å². The highest BCUT2D eigenvalue weighted by atomic mass is 16.5. The first-order chi connectivity index (χ1) is 11.0. The van der Waals surface area contributed by atoms with Crippen molar-refractivity contribution in [3.8, 4) is 0 Å². The standard InChI is InChI=1S/C17H30N4O2/c1-12(2)16-18-17(23-19-16)21-7-5-15(6-8-21)11-20-9-13(3)22-14(4)10-20/h12-15H,5-11H2,1-4H3. The van der Waals surface area contributed by atoms with Crippen LogP contribution in [0.4, 0.5) is 6.01 Å². The summed E-state index contributed by atoms with van der Waals surface area (Å²) < 4.78 is 11.2. The van der Waals surface area contributed by atoms with Crippen LogP contribution in [0, 0.1) is 5.92 Å². The fraction of sp³-hybridized carbons (Fsp3) is 0.882. The third kappa shape index (κ3) is 4.23. The van der Waals surface area contributed by atoms with E-state index in [2.05, 4.69) is 47.6 Å². The molecule has 2 unspecified atom stereocenters. The second-order valence-electron chi connectivity index (χ2n) is 7.50. The molecule has 2 aliphatic rings. The van der Waals surface area contributed by atoms with Crippen molar-refractivity contribution in [1.82, 2.24) is 15.0 Å². The van der Waals surface area contributed by atoms with Crippen LogP contribution in [0.2, 0.25) is 0 Å². The van der Waals surface area contributed by atoms with Gasteiger partial charge in [0.2, 0.25) is 0 Å². The molecule has 23 heavy (non-hydrogen) atoms. The van der Waals surface area contributed by atoms with Gasteiger partial charge in [-0.1, -0.05) is 19.0 Å². The summed E-state index contributed by atoms with van der Waals surface area (Å²) in [5.74, 6) is 1.88. The Kier molecular flexibility index (Phi) is 5.21. The number of morpholine rings is 1. The molecule has 1 aromatic heterocycles. The van der Waals surface area contributed by atoms with Gasteiger partial charge in [-0.15, -0.1) is 0 Å². The zero-order chi connectivity index (χ0) is 16.4. The summed E-state index contributed by atoms with van der Waals surface area (Å²) >= 11 is 0. The summed E-state index contributed by atoms with van der Waals surface area (Å²) in [5, 5.41) is 4.07. The zero-order valence-electron chi connectivity index (χ0n) is 14.9. The Labute approximate surface area is 139 Å². The molecule has 2 saturated heterocycles. The van der Waals surface area contributed by atoms with E-state index >= 15 is 0 Å². The smallest absolute Gasteiger partial charge is 0.324 e. The van der Waals surface area contributed by atoms with Gasteiger partial charge in [0.25, 0.3) is 0 Å². The van der Waals surface area contributed by atoms with E-state index in [4.69, 9.17) is 9.26 Å². The van der Waals surface area contributed by atoms with Crippen LogP contribution < -0.4 is 4.90 Å². The maximum atomic E-state index is 5.82. The number of anilines is 1. The summed E-state index contributed by atoms with van der Waals surface area (Å²) in [5.41, 5.74) is 0. The largest absolute Gasteiger partial charge is 0.373 e. The second-order valence-corrected chi connectivity index (χ2v) is 7.50. The maximum absolute atomic E-state index is 5.82. The Balaban J connectivity index is 1.48. The molecule has 1 aromatic rings. The highest BCUT2D eigenvalue weighted by Gasteiger charge is 2.28. The Hall–Kier alpha value is -1.14. The van der Waals surface area contributed by atoms with Crippen LogP contribution in [-0.4, -0.2) is 60.0 Å². The van der Waals surface area contributed by atoms with Gasteiger partial charge in [-0.3, -0.25) is 4.90 Å². The molecule has 130 valence electrons. The fourth-order valence-electron chi connectivity index (χ4n) is 3.69. The lowest BCUT2D eigenvalue weighted by molar-refractivity contribution is -0.0720. The Morgan fingerprint density at radius 2 is 1.78 bits per heavy atom. The van der Waals surface area contributed by atoms with Crippen LogP contribution >= 0.6 is 0 Å². The van der Waals surface area contributed by atoms with Crippen molar-refractivity contribution in [3.05, 3.63) is 5.82 Å². The predicted octanol–water partition coefficient (Wildman–Crippen LogP) is 2.52. The van der Waals surface area contributed by atoms with E-state index in [0.717, 1.165) is 37.9 Å². The minimum atomic E-state index is 0.315. The fourth-order valence-corrected chi connectivity index (χ4v) is 3.69. The van der Waals surface area contributed by atoms with Gasteiger partial charge >= 0.3 is 6.01 Å². The van der Waals surface area contributed by atoms with Crippen molar-refractivity contribution in [2.75, 3.05) is 37.6 Å². The molecule has 0 aliphatic carbocycles. The van der Waals surface area contributed by atoms with Gasteiger partial charge in [0.15, 0.2) is 5.82 Å². The minimum absolute atomic E-state index is 0.315. The first-order valence-corrected chi connectivity index (χ1v) is 8.97. The van der Waals surface area contributed by atoms with Crippen LogP contribution in [0.3, 0.4) is 0 Å². The van der Waals surface area contributed by atoms with Crippen LogP contribution in [0.1, 0.15) is 52.3 Å². The van der Waals surface area contributed by atoms with Crippen molar-refractivity contribution in [1.29, 1.82) is 0 Å². The predicted molar refractivity (Wildman–Crippen MR) is 89.8 cm³/mol. The van der Waals surface area contributed by atoms with Gasteiger partial charge < -0.3 is 14.2 Å². The van der Waals surface area contributed by atoms with E-state index in [-0.39, 0.29) is 0 Å². The molecule has 2 atom stereocenters. The van der Waals surface area contributed by atoms with Crippen molar-refractivity contribution >= 4 is 6.01 Å². The number of hydrogen-bond acceptors (Lipinski definition) is 6. The number of nitrogens with zero attached hydrogens (tertiary/aromatic N) is 4. The van der Waals surface area contributed by atoms with Crippen LogP contribution in [-0.2, 0) is 4.74 Å². The number of aromatic nitrogens is 2. The Morgan fingerprint density at radius 3 is 2.35 bits per heavy atom. The summed E-state index contributed by atoms with van der Waals surface area (Å²) in [6.07, 6.45) is 3.09. The lowest BCUT2D eigenvalue weighted by Gasteiger charge is -2.39. The first-order valence-electron chi connectivity index (χ1n) is 8.97. The van der Waals surface area contributed by atoms with E-state index in [1.54, 1.807) is 0 Å². The third-order valence-electron chi connectivity index (χ3n) is 4.84. The summed E-state index contributed by atoms with van der Waals surface area (Å²) in [6.45, 7) is 13.9. The normalized spacial score (nSPS) is 27.8. The summed E-state index contributed by atoms with van der Waals surface area (Å²) in [4.78, 5) is 9.32. The monoisotopic (exact) mass is 322 g/mol. The Morgan fingerprint density at radius 1 is 1.13 bits per heavy atom. The van der Waals surface area contributed by atoms with Crippen molar-refractivity contribution in [2.45, 2.75) is 58.7 Å². The molecule has 0 aromatic carbocycles. The molecule has 2 fully saturated rings. The molecule has 0 saturated carbocycles. The maximum Gasteiger partial charge on any atom is 0.324 e. The third-order valence-corrected chi connectivity index (χ3v) is 4.84. The topological polar surface area (TPSA) is 54.6 Å². The molecule has 6 nitrogen and oxygen atoms in total. The van der Waals surface area contributed by atoms with E-state index in [1.807, 2.05) is 0 Å². The molecule has 0 N–H and O–H groups in total. The van der Waals surface area contributed by atoms with Gasteiger partial charge in [0.05, 0.1) is 12.2 Å². The molecule has 0 spiro atoms. The molecule has 2 aliphatic heterocycles. The van der Waals surface area contributed by atoms with Gasteiger partial charge in [-0.05, 0) is 32.6 Å². The van der Waals surface area contributed by atoms with Crippen LogP contribution in [0.25, 0.3) is 0 Å². The number of ether oxygens (including phenoxy) is 1. The molecular weight excluding hydrogens is 292 g/mol. The zero-order valence-corrected chi connectivity index (χ0v) is 14.9. The average Bonchev–Trinajstić information content (AvgIpc) is 2.97. The molecular formula is C17H30N4O2. The van der Waals surface area contributed by atoms with E-state index < -0.39 is 0 Å². The van der Waals surface area contributed by atoms with Crippen LogP contribution in [0.15, 0.2) is 4.52 Å². The minimum Gasteiger partial charge on any atom is -0.373 e. The number of rotatable bonds is 4.